The molecular weight excluding hydrogens is 316 g/mol. The van der Waals surface area contributed by atoms with Crippen LogP contribution in [0.25, 0.3) is 0 Å². The highest BCUT2D eigenvalue weighted by atomic mass is 16.5. The molecule has 2 saturated heterocycles. The van der Waals surface area contributed by atoms with Crippen LogP contribution in [-0.2, 0) is 11.3 Å². The number of nitrogens with zero attached hydrogens (tertiary/aromatic N) is 2. The average Bonchev–Trinajstić information content (AvgIpc) is 2.93. The Balaban J connectivity index is 1.60. The highest BCUT2D eigenvalue weighted by Crippen LogP contribution is 2.40. The molecule has 1 aromatic rings. The molecule has 5 heteroatoms. The lowest BCUT2D eigenvalue weighted by Crippen LogP contribution is -2.52. The SMILES string of the molecule is COCC1CCC2(CCN(Cc3cc(OC)cc(OC)c3)CC2)N1C. The summed E-state index contributed by atoms with van der Waals surface area (Å²) in [4.78, 5) is 5.15. The van der Waals surface area contributed by atoms with Crippen molar-refractivity contribution in [3.63, 3.8) is 0 Å². The fourth-order valence-corrected chi connectivity index (χ4v) is 4.53. The van der Waals surface area contributed by atoms with E-state index in [9.17, 15) is 0 Å². The number of likely N-dealkylation sites (tertiary alicyclic amines) is 2. The maximum Gasteiger partial charge on any atom is 0.122 e. The molecule has 3 rings (SSSR count). The van der Waals surface area contributed by atoms with E-state index in [1.807, 2.05) is 13.2 Å². The predicted octanol–water partition coefficient (Wildman–Crippen LogP) is 2.78. The lowest BCUT2D eigenvalue weighted by atomic mass is 9.85. The molecule has 2 fully saturated rings. The van der Waals surface area contributed by atoms with Crippen LogP contribution in [0, 0.1) is 0 Å². The molecule has 1 aromatic carbocycles. The maximum atomic E-state index is 5.40. The maximum absolute atomic E-state index is 5.40. The molecule has 2 aliphatic heterocycles. The first-order valence-corrected chi connectivity index (χ1v) is 9.26. The molecule has 25 heavy (non-hydrogen) atoms. The van der Waals surface area contributed by atoms with Gasteiger partial charge in [0.05, 0.1) is 20.8 Å². The third kappa shape index (κ3) is 3.94. The number of rotatable bonds is 6. The number of methoxy groups -OCH3 is 3. The van der Waals surface area contributed by atoms with E-state index in [-0.39, 0.29) is 0 Å². The molecule has 0 N–H and O–H groups in total. The molecule has 0 aromatic heterocycles. The number of hydrogen-bond donors (Lipinski definition) is 0. The van der Waals surface area contributed by atoms with Gasteiger partial charge in [-0.3, -0.25) is 9.80 Å². The van der Waals surface area contributed by atoms with E-state index in [0.717, 1.165) is 37.7 Å². The first-order valence-electron chi connectivity index (χ1n) is 9.26. The monoisotopic (exact) mass is 348 g/mol. The van der Waals surface area contributed by atoms with E-state index in [0.29, 0.717) is 11.6 Å². The predicted molar refractivity (Wildman–Crippen MR) is 99.4 cm³/mol. The van der Waals surface area contributed by atoms with Crippen molar-refractivity contribution in [1.82, 2.24) is 9.80 Å². The van der Waals surface area contributed by atoms with Crippen LogP contribution in [0.15, 0.2) is 18.2 Å². The zero-order chi connectivity index (χ0) is 17.9. The van der Waals surface area contributed by atoms with Gasteiger partial charge in [0.1, 0.15) is 11.5 Å². The molecule has 2 aliphatic rings. The lowest BCUT2D eigenvalue weighted by Gasteiger charge is -2.45. The molecule has 2 heterocycles. The summed E-state index contributed by atoms with van der Waals surface area (Å²) >= 11 is 0. The number of benzene rings is 1. The third-order valence-electron chi connectivity index (χ3n) is 6.20. The van der Waals surface area contributed by atoms with Gasteiger partial charge in [-0.15, -0.1) is 0 Å². The number of likely N-dealkylation sites (N-methyl/N-ethyl adjacent to an activating group) is 1. The van der Waals surface area contributed by atoms with Gasteiger partial charge in [0.15, 0.2) is 0 Å². The molecule has 5 nitrogen and oxygen atoms in total. The minimum atomic E-state index is 0.381. The van der Waals surface area contributed by atoms with Crippen LogP contribution >= 0.6 is 0 Å². The largest absolute Gasteiger partial charge is 0.497 e. The molecule has 1 atom stereocenters. The molecule has 1 spiro atoms. The smallest absolute Gasteiger partial charge is 0.122 e. The van der Waals surface area contributed by atoms with Crippen LogP contribution in [0.5, 0.6) is 11.5 Å². The van der Waals surface area contributed by atoms with Crippen molar-refractivity contribution in [1.29, 1.82) is 0 Å². The summed E-state index contributed by atoms with van der Waals surface area (Å²) in [7, 11) is 7.51. The van der Waals surface area contributed by atoms with Gasteiger partial charge >= 0.3 is 0 Å². The molecule has 0 aliphatic carbocycles. The number of piperidine rings is 1. The van der Waals surface area contributed by atoms with E-state index in [1.54, 1.807) is 14.2 Å². The van der Waals surface area contributed by atoms with Crippen molar-refractivity contribution in [2.45, 2.75) is 43.8 Å². The van der Waals surface area contributed by atoms with Gasteiger partial charge in [0.25, 0.3) is 0 Å². The molecule has 0 saturated carbocycles. The first-order chi connectivity index (χ1) is 12.1. The molecule has 140 valence electrons. The molecule has 0 amide bonds. The Kier molecular flexibility index (Phi) is 5.87. The van der Waals surface area contributed by atoms with Gasteiger partial charge in [0.2, 0.25) is 0 Å². The van der Waals surface area contributed by atoms with Crippen LogP contribution in [0.2, 0.25) is 0 Å². The highest BCUT2D eigenvalue weighted by Gasteiger charge is 2.45. The average molecular weight is 348 g/mol. The van der Waals surface area contributed by atoms with E-state index in [1.165, 1.54) is 31.2 Å². The standard InChI is InChI=1S/C20H32N2O3/c1-21-17(15-23-2)5-6-20(21)7-9-22(10-8-20)14-16-11-18(24-3)13-19(12-16)25-4/h11-13,17H,5-10,14-15H2,1-4H3. The molecular formula is C20H32N2O3. The summed E-state index contributed by atoms with van der Waals surface area (Å²) < 4.78 is 16.2. The Morgan fingerprint density at radius 3 is 2.20 bits per heavy atom. The van der Waals surface area contributed by atoms with E-state index < -0.39 is 0 Å². The van der Waals surface area contributed by atoms with Crippen LogP contribution in [-0.4, -0.2) is 69.5 Å². The van der Waals surface area contributed by atoms with Crippen LogP contribution in [0.3, 0.4) is 0 Å². The third-order valence-corrected chi connectivity index (χ3v) is 6.20. The summed E-state index contributed by atoms with van der Waals surface area (Å²) in [6.45, 7) is 4.09. The quantitative estimate of drug-likeness (QED) is 0.790. The summed E-state index contributed by atoms with van der Waals surface area (Å²) in [5.74, 6) is 1.72. The zero-order valence-corrected chi connectivity index (χ0v) is 16.1. The van der Waals surface area contributed by atoms with Crippen LogP contribution < -0.4 is 9.47 Å². The summed E-state index contributed by atoms with van der Waals surface area (Å²) in [5, 5.41) is 0. The Bertz CT molecular complexity index is 548. The van der Waals surface area contributed by atoms with Crippen molar-refractivity contribution in [2.24, 2.45) is 0 Å². The summed E-state index contributed by atoms with van der Waals surface area (Å²) in [6, 6.07) is 6.74. The van der Waals surface area contributed by atoms with Gasteiger partial charge in [-0.05, 0) is 50.4 Å². The fraction of sp³-hybridized carbons (Fsp3) is 0.700. The van der Waals surface area contributed by atoms with E-state index >= 15 is 0 Å². The first kappa shape index (κ1) is 18.5. The summed E-state index contributed by atoms with van der Waals surface area (Å²) in [5.41, 5.74) is 1.63. The van der Waals surface area contributed by atoms with Crippen molar-refractivity contribution >= 4 is 0 Å². The summed E-state index contributed by atoms with van der Waals surface area (Å²) in [6.07, 6.45) is 5.05. The topological polar surface area (TPSA) is 34.2 Å². The van der Waals surface area contributed by atoms with Crippen molar-refractivity contribution in [3.8, 4) is 11.5 Å². The molecule has 0 bridgehead atoms. The number of hydrogen-bond acceptors (Lipinski definition) is 5. The Hall–Kier alpha value is -1.30. The lowest BCUT2D eigenvalue weighted by molar-refractivity contribution is 0.0282. The van der Waals surface area contributed by atoms with Gasteiger partial charge in [-0.2, -0.15) is 0 Å². The van der Waals surface area contributed by atoms with Gasteiger partial charge in [0, 0.05) is 44.4 Å². The van der Waals surface area contributed by atoms with Gasteiger partial charge in [-0.25, -0.2) is 0 Å². The van der Waals surface area contributed by atoms with Crippen molar-refractivity contribution < 1.29 is 14.2 Å². The van der Waals surface area contributed by atoms with Gasteiger partial charge in [-0.1, -0.05) is 0 Å². The van der Waals surface area contributed by atoms with E-state index in [2.05, 4.69) is 29.0 Å². The van der Waals surface area contributed by atoms with E-state index in [4.69, 9.17) is 14.2 Å². The molecule has 0 radical (unpaired) electrons. The second kappa shape index (κ2) is 7.94. The van der Waals surface area contributed by atoms with Crippen LogP contribution in [0.1, 0.15) is 31.2 Å². The molecule has 1 unspecified atom stereocenters. The number of ether oxygens (including phenoxy) is 3. The Morgan fingerprint density at radius 2 is 1.64 bits per heavy atom. The van der Waals surface area contributed by atoms with Gasteiger partial charge < -0.3 is 14.2 Å². The highest BCUT2D eigenvalue weighted by molar-refractivity contribution is 5.38. The minimum Gasteiger partial charge on any atom is -0.497 e. The van der Waals surface area contributed by atoms with Crippen LogP contribution in [0.4, 0.5) is 0 Å². The zero-order valence-electron chi connectivity index (χ0n) is 16.1. The Morgan fingerprint density at radius 1 is 1.00 bits per heavy atom. The Labute approximate surface area is 151 Å². The normalized spacial score (nSPS) is 23.9. The minimum absolute atomic E-state index is 0.381. The second-order valence-electron chi connectivity index (χ2n) is 7.48. The fourth-order valence-electron chi connectivity index (χ4n) is 4.53. The van der Waals surface area contributed by atoms with Crippen molar-refractivity contribution in [3.05, 3.63) is 23.8 Å². The second-order valence-corrected chi connectivity index (χ2v) is 7.48. The van der Waals surface area contributed by atoms with Crippen molar-refractivity contribution in [2.75, 3.05) is 48.1 Å².